The fraction of sp³-hybridized carbons (Fsp3) is 0.227. The molecule has 0 fully saturated rings. The van der Waals surface area contributed by atoms with E-state index < -0.39 is 35.3 Å². The van der Waals surface area contributed by atoms with Crippen LogP contribution in [0.5, 0.6) is 0 Å². The van der Waals surface area contributed by atoms with E-state index in [0.717, 1.165) is 91.5 Å². The molecular formula is C44H38F6. The van der Waals surface area contributed by atoms with Gasteiger partial charge in [-0.2, -0.15) is 0 Å². The molecule has 0 N–H and O–H groups in total. The lowest BCUT2D eigenvalue weighted by atomic mass is 9.88. The monoisotopic (exact) mass is 680 g/mol. The Hall–Kier alpha value is -4.84. The molecule has 0 spiro atoms. The second kappa shape index (κ2) is 16.2. The highest BCUT2D eigenvalue weighted by Gasteiger charge is 2.22. The zero-order valence-corrected chi connectivity index (χ0v) is 27.7. The lowest BCUT2D eigenvalue weighted by molar-refractivity contribution is 0.417. The van der Waals surface area contributed by atoms with Crippen LogP contribution in [0.2, 0.25) is 0 Å². The summed E-state index contributed by atoms with van der Waals surface area (Å²) in [6, 6.07) is 28.1. The van der Waals surface area contributed by atoms with E-state index in [2.05, 4.69) is 24.3 Å². The normalized spacial score (nSPS) is 14.4. The molecule has 0 aliphatic heterocycles. The van der Waals surface area contributed by atoms with Gasteiger partial charge in [-0.25, -0.2) is 26.3 Å². The van der Waals surface area contributed by atoms with Crippen LogP contribution in [0.4, 0.5) is 26.3 Å². The third-order valence-corrected chi connectivity index (χ3v) is 9.42. The highest BCUT2D eigenvalue weighted by atomic mass is 19.2. The molecule has 0 saturated heterocycles. The molecule has 1 aliphatic carbocycles. The summed E-state index contributed by atoms with van der Waals surface area (Å²) in [6.45, 7) is 0. The van der Waals surface area contributed by atoms with Gasteiger partial charge in [0, 0.05) is 12.0 Å². The zero-order valence-electron chi connectivity index (χ0n) is 27.7. The van der Waals surface area contributed by atoms with Crippen molar-refractivity contribution in [2.75, 3.05) is 0 Å². The summed E-state index contributed by atoms with van der Waals surface area (Å²) < 4.78 is 83.8. The summed E-state index contributed by atoms with van der Waals surface area (Å²) in [6.07, 6.45) is 11.1. The molecule has 0 radical (unpaired) electrons. The van der Waals surface area contributed by atoms with E-state index in [4.69, 9.17) is 0 Å². The molecule has 50 heavy (non-hydrogen) atoms. The van der Waals surface area contributed by atoms with Gasteiger partial charge in [-0.3, -0.25) is 0 Å². The lowest BCUT2D eigenvalue weighted by Gasteiger charge is -2.20. The quantitative estimate of drug-likeness (QED) is 0.0858. The van der Waals surface area contributed by atoms with Crippen LogP contribution in [-0.4, -0.2) is 6.17 Å². The molecular weight excluding hydrogens is 642 g/mol. The van der Waals surface area contributed by atoms with Gasteiger partial charge in [0.2, 0.25) is 0 Å². The standard InChI is InChI=1S/C44H38F6/c45-39-22-18-35(27-43(39)49)37-20-16-33(25-41(37)47)31-14-12-29(13-15-31)8-5-3-1-2-4-6-9-30-10-7-11-32(24-30)34-17-21-38(42(48)26-34)36-19-23-40(46)44(50)28-36/h7,10-24,26-28,41H,1-6,8-9,25H2. The Morgan fingerprint density at radius 3 is 1.66 bits per heavy atom. The Kier molecular flexibility index (Phi) is 11.4. The fourth-order valence-corrected chi connectivity index (χ4v) is 6.58. The lowest BCUT2D eigenvalue weighted by Crippen LogP contribution is -2.09. The van der Waals surface area contributed by atoms with Crippen molar-refractivity contribution in [3.05, 3.63) is 167 Å². The van der Waals surface area contributed by atoms with Gasteiger partial charge in [-0.15, -0.1) is 0 Å². The summed E-state index contributed by atoms with van der Waals surface area (Å²) >= 11 is 0. The highest BCUT2D eigenvalue weighted by Crippen LogP contribution is 2.35. The van der Waals surface area contributed by atoms with Gasteiger partial charge >= 0.3 is 0 Å². The SMILES string of the molecule is Fc1ccc(C2=CC=C(c3ccc(CCCCCCCCc4cccc(-c5ccc(-c6ccc(F)c(F)c6)c(F)c5)c4)cc3)CC2F)cc1F. The first-order valence-corrected chi connectivity index (χ1v) is 17.2. The Bertz CT molecular complexity index is 2010. The first kappa shape index (κ1) is 35.0. The third-order valence-electron chi connectivity index (χ3n) is 9.42. The molecule has 6 rings (SSSR count). The van der Waals surface area contributed by atoms with Crippen LogP contribution in [-0.2, 0) is 12.8 Å². The largest absolute Gasteiger partial charge is 0.242 e. The van der Waals surface area contributed by atoms with Crippen LogP contribution >= 0.6 is 0 Å². The average molecular weight is 681 g/mol. The van der Waals surface area contributed by atoms with Crippen LogP contribution in [0.3, 0.4) is 0 Å². The van der Waals surface area contributed by atoms with Gasteiger partial charge in [-0.05, 0) is 106 Å². The summed E-state index contributed by atoms with van der Waals surface area (Å²) in [5.41, 5.74) is 7.18. The maximum atomic E-state index is 15.0. The predicted molar refractivity (Wildman–Crippen MR) is 191 cm³/mol. The van der Waals surface area contributed by atoms with Crippen molar-refractivity contribution >= 4 is 11.1 Å². The average Bonchev–Trinajstić information content (AvgIpc) is 3.12. The highest BCUT2D eigenvalue weighted by molar-refractivity contribution is 5.80. The number of allylic oxidation sites excluding steroid dienone is 4. The minimum atomic E-state index is -1.29. The smallest absolute Gasteiger partial charge is 0.159 e. The molecule has 6 heteroatoms. The van der Waals surface area contributed by atoms with E-state index in [0.29, 0.717) is 16.7 Å². The number of benzene rings is 5. The van der Waals surface area contributed by atoms with Gasteiger partial charge in [-0.1, -0.05) is 111 Å². The molecule has 1 unspecified atom stereocenters. The number of hydrogen-bond acceptors (Lipinski definition) is 0. The number of rotatable bonds is 13. The second-order valence-electron chi connectivity index (χ2n) is 13.0. The summed E-state index contributed by atoms with van der Waals surface area (Å²) in [5, 5.41) is 0. The van der Waals surface area contributed by atoms with E-state index in [-0.39, 0.29) is 12.0 Å². The van der Waals surface area contributed by atoms with E-state index in [1.165, 1.54) is 35.7 Å². The third kappa shape index (κ3) is 8.65. The first-order valence-electron chi connectivity index (χ1n) is 17.2. The first-order chi connectivity index (χ1) is 24.2. The summed E-state index contributed by atoms with van der Waals surface area (Å²) in [5.74, 6) is -4.37. The molecule has 0 amide bonds. The fourth-order valence-electron chi connectivity index (χ4n) is 6.58. The number of aryl methyl sites for hydroxylation is 2. The van der Waals surface area contributed by atoms with Crippen molar-refractivity contribution in [3.63, 3.8) is 0 Å². The minimum absolute atomic E-state index is 0.188. The van der Waals surface area contributed by atoms with E-state index >= 15 is 0 Å². The van der Waals surface area contributed by atoms with Crippen molar-refractivity contribution in [1.29, 1.82) is 0 Å². The number of alkyl halides is 1. The van der Waals surface area contributed by atoms with E-state index in [1.807, 2.05) is 30.3 Å². The van der Waals surface area contributed by atoms with Crippen LogP contribution in [0.15, 0.2) is 115 Å². The Labute approximate surface area is 289 Å². The molecule has 0 nitrogen and oxygen atoms in total. The van der Waals surface area contributed by atoms with Crippen LogP contribution < -0.4 is 0 Å². The number of unbranched alkanes of at least 4 members (excludes halogenated alkanes) is 5. The number of halogens is 6. The van der Waals surface area contributed by atoms with Crippen molar-refractivity contribution < 1.29 is 26.3 Å². The summed E-state index contributed by atoms with van der Waals surface area (Å²) in [7, 11) is 0. The van der Waals surface area contributed by atoms with E-state index in [1.54, 1.807) is 18.2 Å². The maximum Gasteiger partial charge on any atom is 0.159 e. The molecule has 1 aliphatic rings. The van der Waals surface area contributed by atoms with Crippen molar-refractivity contribution in [1.82, 2.24) is 0 Å². The van der Waals surface area contributed by atoms with Crippen molar-refractivity contribution in [2.45, 2.75) is 64.0 Å². The second-order valence-corrected chi connectivity index (χ2v) is 13.0. The number of hydrogen-bond donors (Lipinski definition) is 0. The molecule has 0 aromatic heterocycles. The molecule has 5 aromatic carbocycles. The molecule has 0 bridgehead atoms. The summed E-state index contributed by atoms with van der Waals surface area (Å²) in [4.78, 5) is 0. The Morgan fingerprint density at radius 2 is 1.00 bits per heavy atom. The Balaban J connectivity index is 0.909. The van der Waals surface area contributed by atoms with Gasteiger partial charge in [0.25, 0.3) is 0 Å². The molecule has 5 aromatic rings. The maximum absolute atomic E-state index is 15.0. The molecule has 256 valence electrons. The van der Waals surface area contributed by atoms with Gasteiger partial charge in [0.15, 0.2) is 23.3 Å². The van der Waals surface area contributed by atoms with Gasteiger partial charge < -0.3 is 0 Å². The Morgan fingerprint density at radius 1 is 0.440 bits per heavy atom. The molecule has 0 saturated carbocycles. The van der Waals surface area contributed by atoms with E-state index in [9.17, 15) is 26.3 Å². The van der Waals surface area contributed by atoms with Crippen molar-refractivity contribution in [3.8, 4) is 22.3 Å². The van der Waals surface area contributed by atoms with Crippen LogP contribution in [0.25, 0.3) is 33.4 Å². The zero-order chi connectivity index (χ0) is 35.0. The van der Waals surface area contributed by atoms with Gasteiger partial charge in [0.1, 0.15) is 12.0 Å². The molecule has 0 heterocycles. The van der Waals surface area contributed by atoms with Crippen molar-refractivity contribution in [2.24, 2.45) is 0 Å². The van der Waals surface area contributed by atoms with Crippen LogP contribution in [0.1, 0.15) is 67.2 Å². The molecule has 1 atom stereocenters. The minimum Gasteiger partial charge on any atom is -0.242 e. The van der Waals surface area contributed by atoms with Gasteiger partial charge in [0.05, 0.1) is 0 Å². The van der Waals surface area contributed by atoms with Crippen LogP contribution in [0, 0.1) is 29.1 Å². The predicted octanol–water partition coefficient (Wildman–Crippen LogP) is 13.1. The topological polar surface area (TPSA) is 0 Å².